The van der Waals surface area contributed by atoms with E-state index < -0.39 is 0 Å². The highest BCUT2D eigenvalue weighted by Gasteiger charge is 2.53. The van der Waals surface area contributed by atoms with Gasteiger partial charge < -0.3 is 5.32 Å². The van der Waals surface area contributed by atoms with Crippen molar-refractivity contribution < 1.29 is 4.79 Å². The van der Waals surface area contributed by atoms with Gasteiger partial charge >= 0.3 is 0 Å². The van der Waals surface area contributed by atoms with Gasteiger partial charge in [0.1, 0.15) is 6.33 Å². The molecule has 1 heterocycles. The molecule has 4 nitrogen and oxygen atoms in total. The largest absolute Gasteiger partial charge is 0.356 e. The van der Waals surface area contributed by atoms with Crippen molar-refractivity contribution in [1.29, 1.82) is 0 Å². The van der Waals surface area contributed by atoms with Gasteiger partial charge in [0.05, 0.1) is 28.6 Å². The van der Waals surface area contributed by atoms with Crippen LogP contribution in [-0.2, 0) is 4.79 Å². The minimum absolute atomic E-state index is 0.152. The van der Waals surface area contributed by atoms with Crippen molar-refractivity contribution in [2.75, 3.05) is 6.54 Å². The number of carbonyl (C=O) groups excluding carboxylic acids is 1. The lowest BCUT2D eigenvalue weighted by Crippen LogP contribution is -2.27. The average Bonchev–Trinajstić information content (AvgIpc) is 3.19. The molecule has 0 saturated heterocycles. The van der Waals surface area contributed by atoms with E-state index in [1.54, 1.807) is 6.33 Å². The summed E-state index contributed by atoms with van der Waals surface area (Å²) in [5.41, 5.74) is 1.17. The quantitative estimate of drug-likeness (QED) is 0.848. The molecule has 0 bridgehead atoms. The number of halogens is 1. The maximum Gasteiger partial charge on any atom is 0.224 e. The van der Waals surface area contributed by atoms with Gasteiger partial charge in [-0.1, -0.05) is 6.92 Å². The molecule has 0 aromatic carbocycles. The Morgan fingerprint density at radius 2 is 2.41 bits per heavy atom. The van der Waals surface area contributed by atoms with Crippen LogP contribution in [0.25, 0.3) is 0 Å². The number of hydrogen-bond acceptors (Lipinski definition) is 2. The SMILES string of the molecule is C[C@H]1[C@H](C(=O)NCC2CC2)[C@H]1c1cncn1I. The van der Waals surface area contributed by atoms with Gasteiger partial charge in [-0.15, -0.1) is 0 Å². The van der Waals surface area contributed by atoms with Crippen molar-refractivity contribution >= 4 is 28.8 Å². The number of aromatic nitrogens is 2. The Kier molecular flexibility index (Phi) is 2.88. The maximum atomic E-state index is 12.0. The van der Waals surface area contributed by atoms with Crippen LogP contribution in [0.4, 0.5) is 0 Å². The summed E-state index contributed by atoms with van der Waals surface area (Å²) in [6.07, 6.45) is 6.23. The van der Waals surface area contributed by atoms with E-state index in [0.29, 0.717) is 11.8 Å². The fourth-order valence-corrected chi connectivity index (χ4v) is 3.11. The first kappa shape index (κ1) is 11.5. The summed E-state index contributed by atoms with van der Waals surface area (Å²) in [7, 11) is 0. The first-order valence-electron chi connectivity index (χ1n) is 6.14. The zero-order chi connectivity index (χ0) is 12.0. The molecule has 3 rings (SSSR count). The highest BCUT2D eigenvalue weighted by molar-refractivity contribution is 14.1. The molecule has 2 aliphatic carbocycles. The molecule has 0 unspecified atom stereocenters. The topological polar surface area (TPSA) is 46.9 Å². The highest BCUT2D eigenvalue weighted by atomic mass is 127. The van der Waals surface area contributed by atoms with E-state index in [9.17, 15) is 4.79 Å². The predicted octanol–water partition coefficient (Wildman–Crippen LogP) is 1.96. The van der Waals surface area contributed by atoms with E-state index in [1.165, 1.54) is 18.5 Å². The van der Waals surface area contributed by atoms with Gasteiger partial charge in [-0.25, -0.2) is 4.98 Å². The molecule has 1 amide bonds. The Hall–Kier alpha value is -0.590. The van der Waals surface area contributed by atoms with Crippen LogP contribution < -0.4 is 5.32 Å². The third-order valence-electron chi connectivity index (χ3n) is 3.91. The average molecular weight is 345 g/mol. The molecule has 2 fully saturated rings. The molecule has 0 radical (unpaired) electrons. The Morgan fingerprint density at radius 1 is 1.65 bits per heavy atom. The van der Waals surface area contributed by atoms with Crippen molar-refractivity contribution in [2.24, 2.45) is 17.8 Å². The number of nitrogens with zero attached hydrogens (tertiary/aromatic N) is 2. The van der Waals surface area contributed by atoms with Crippen molar-refractivity contribution in [3.05, 3.63) is 18.2 Å². The summed E-state index contributed by atoms with van der Waals surface area (Å²) < 4.78 is 1.99. The normalized spacial score (nSPS) is 31.3. The minimum atomic E-state index is 0.152. The lowest BCUT2D eigenvalue weighted by atomic mass is 10.2. The van der Waals surface area contributed by atoms with Crippen LogP contribution in [0.2, 0.25) is 0 Å². The van der Waals surface area contributed by atoms with Gasteiger partial charge in [-0.05, 0) is 24.7 Å². The van der Waals surface area contributed by atoms with Crippen LogP contribution in [0.5, 0.6) is 0 Å². The molecule has 1 aromatic heterocycles. The molecule has 0 spiro atoms. The number of nitrogens with one attached hydrogen (secondary N) is 1. The van der Waals surface area contributed by atoms with E-state index in [0.717, 1.165) is 12.5 Å². The summed E-state index contributed by atoms with van der Waals surface area (Å²) in [6.45, 7) is 3.02. The monoisotopic (exact) mass is 345 g/mol. The second-order valence-electron chi connectivity index (χ2n) is 5.23. The van der Waals surface area contributed by atoms with Gasteiger partial charge in [0.15, 0.2) is 0 Å². The van der Waals surface area contributed by atoms with Crippen LogP contribution in [0, 0.1) is 17.8 Å². The molecule has 2 saturated carbocycles. The van der Waals surface area contributed by atoms with Crippen LogP contribution in [0.1, 0.15) is 31.4 Å². The van der Waals surface area contributed by atoms with Gasteiger partial charge in [0, 0.05) is 24.6 Å². The van der Waals surface area contributed by atoms with Gasteiger partial charge in [0.25, 0.3) is 0 Å². The molecule has 17 heavy (non-hydrogen) atoms. The fraction of sp³-hybridized carbons (Fsp3) is 0.667. The van der Waals surface area contributed by atoms with Gasteiger partial charge in [-0.3, -0.25) is 7.58 Å². The predicted molar refractivity (Wildman–Crippen MR) is 72.8 cm³/mol. The number of hydrogen-bond donors (Lipinski definition) is 1. The van der Waals surface area contributed by atoms with E-state index in [4.69, 9.17) is 0 Å². The van der Waals surface area contributed by atoms with Crippen molar-refractivity contribution in [2.45, 2.75) is 25.7 Å². The van der Waals surface area contributed by atoms with Crippen molar-refractivity contribution in [3.8, 4) is 0 Å². The minimum Gasteiger partial charge on any atom is -0.356 e. The zero-order valence-corrected chi connectivity index (χ0v) is 11.9. The highest BCUT2D eigenvalue weighted by Crippen LogP contribution is 2.53. The third-order valence-corrected chi connectivity index (χ3v) is 4.71. The summed E-state index contributed by atoms with van der Waals surface area (Å²) in [4.78, 5) is 16.1. The smallest absolute Gasteiger partial charge is 0.224 e. The van der Waals surface area contributed by atoms with E-state index in [2.05, 4.69) is 40.1 Å². The van der Waals surface area contributed by atoms with Crippen LogP contribution in [-0.4, -0.2) is 20.2 Å². The summed E-state index contributed by atoms with van der Waals surface area (Å²) in [5, 5.41) is 3.08. The molecule has 1 N–H and O–H groups in total. The second kappa shape index (κ2) is 4.26. The summed E-state index contributed by atoms with van der Waals surface area (Å²) in [6, 6.07) is 0. The second-order valence-corrected chi connectivity index (χ2v) is 6.27. The Bertz CT molecular complexity index is 441. The van der Waals surface area contributed by atoms with E-state index in [-0.39, 0.29) is 11.8 Å². The molecule has 5 heteroatoms. The van der Waals surface area contributed by atoms with Crippen molar-refractivity contribution in [3.63, 3.8) is 0 Å². The number of carbonyl (C=O) groups is 1. The molecular weight excluding hydrogens is 329 g/mol. The lowest BCUT2D eigenvalue weighted by Gasteiger charge is -2.03. The first-order valence-corrected chi connectivity index (χ1v) is 7.11. The molecular formula is C12H16IN3O. The van der Waals surface area contributed by atoms with Crippen LogP contribution in [0.15, 0.2) is 12.5 Å². The molecule has 2 aliphatic rings. The number of rotatable bonds is 4. The molecule has 0 aliphatic heterocycles. The van der Waals surface area contributed by atoms with Crippen molar-refractivity contribution in [1.82, 2.24) is 13.1 Å². The van der Waals surface area contributed by atoms with Gasteiger partial charge in [0.2, 0.25) is 5.91 Å². The van der Waals surface area contributed by atoms with Crippen LogP contribution >= 0.6 is 22.9 Å². The summed E-state index contributed by atoms with van der Waals surface area (Å²) in [5.74, 6) is 1.93. The van der Waals surface area contributed by atoms with E-state index >= 15 is 0 Å². The number of amides is 1. The Labute approximate surface area is 115 Å². The third kappa shape index (κ3) is 2.21. The van der Waals surface area contributed by atoms with E-state index in [1.807, 2.05) is 8.98 Å². The molecule has 1 aromatic rings. The first-order chi connectivity index (χ1) is 8.18. The Morgan fingerprint density at radius 3 is 3.00 bits per heavy atom. The Balaban J connectivity index is 1.61. The molecule has 92 valence electrons. The fourth-order valence-electron chi connectivity index (χ4n) is 2.52. The lowest BCUT2D eigenvalue weighted by molar-refractivity contribution is -0.122. The van der Waals surface area contributed by atoms with Gasteiger partial charge in [-0.2, -0.15) is 0 Å². The number of imidazole rings is 1. The zero-order valence-electron chi connectivity index (χ0n) is 9.77. The maximum absolute atomic E-state index is 12.0. The van der Waals surface area contributed by atoms with Crippen LogP contribution in [0.3, 0.4) is 0 Å². The summed E-state index contributed by atoms with van der Waals surface area (Å²) >= 11 is 2.22. The standard InChI is InChI=1S/C12H16IN3O/c1-7-10(9-5-14-6-16(9)13)11(7)12(17)15-4-8-2-3-8/h5-8,10-11H,2-4H2,1H3,(H,15,17)/t7-,10-,11+/m1/s1. The molecule has 3 atom stereocenters.